The minimum Gasteiger partial charge on any atom is -0.381 e. The molecule has 4 aromatic heterocycles. The quantitative estimate of drug-likeness (QED) is 0.314. The molecule has 212 valence electrons. The van der Waals surface area contributed by atoms with Crippen molar-refractivity contribution < 1.29 is 9.13 Å². The van der Waals surface area contributed by atoms with E-state index >= 15 is 4.39 Å². The number of anilines is 1. The van der Waals surface area contributed by atoms with Gasteiger partial charge in [-0.15, -0.1) is 5.10 Å². The van der Waals surface area contributed by atoms with Crippen LogP contribution in [0.4, 0.5) is 10.2 Å². The second kappa shape index (κ2) is 10.5. The van der Waals surface area contributed by atoms with E-state index in [0.717, 1.165) is 83.9 Å². The minimum absolute atomic E-state index is 0.178. The Morgan fingerprint density at radius 3 is 2.51 bits per heavy atom. The van der Waals surface area contributed by atoms with Crippen molar-refractivity contribution in [3.63, 3.8) is 0 Å². The molecule has 0 saturated carbocycles. The Labute approximate surface area is 238 Å². The number of piperazine rings is 1. The lowest BCUT2D eigenvalue weighted by Gasteiger charge is -2.34. The van der Waals surface area contributed by atoms with Gasteiger partial charge in [0.2, 0.25) is 0 Å². The van der Waals surface area contributed by atoms with Gasteiger partial charge in [0.25, 0.3) is 0 Å². The van der Waals surface area contributed by atoms with Gasteiger partial charge in [-0.1, -0.05) is 23.4 Å². The summed E-state index contributed by atoms with van der Waals surface area (Å²) in [4.78, 5) is 15.0. The molecule has 2 fully saturated rings. The van der Waals surface area contributed by atoms with Crippen LogP contribution in [-0.2, 0) is 11.8 Å². The number of fused-ring (bicyclic) bond motifs is 3. The van der Waals surface area contributed by atoms with E-state index in [9.17, 15) is 0 Å². The van der Waals surface area contributed by atoms with E-state index in [-0.39, 0.29) is 17.8 Å². The van der Waals surface area contributed by atoms with Crippen LogP contribution >= 0.6 is 0 Å². The molecule has 0 aliphatic carbocycles. The van der Waals surface area contributed by atoms with Crippen molar-refractivity contribution in [2.24, 2.45) is 13.0 Å². The SMILES string of the molecule is Cc1nnn(C)c1-c1cnc2c3ccc(N4CCN(C)CC4)nc3n([C@H](c3ccccc3F)C3CCOCC3)c2c1. The summed E-state index contributed by atoms with van der Waals surface area (Å²) in [6.45, 7) is 7.10. The molecule has 0 spiro atoms. The number of ether oxygens (including phenoxy) is 1. The second-order valence-electron chi connectivity index (χ2n) is 11.4. The monoisotopic (exact) mass is 554 g/mol. The van der Waals surface area contributed by atoms with Crippen molar-refractivity contribution in [3.05, 3.63) is 65.7 Å². The van der Waals surface area contributed by atoms with Gasteiger partial charge in [-0.25, -0.2) is 14.1 Å². The Balaban J connectivity index is 1.50. The second-order valence-corrected chi connectivity index (χ2v) is 11.4. The van der Waals surface area contributed by atoms with Crippen molar-refractivity contribution in [1.29, 1.82) is 0 Å². The zero-order valence-electron chi connectivity index (χ0n) is 23.8. The van der Waals surface area contributed by atoms with Crippen LogP contribution in [0.25, 0.3) is 33.3 Å². The average molecular weight is 555 g/mol. The summed E-state index contributed by atoms with van der Waals surface area (Å²) >= 11 is 0. The van der Waals surface area contributed by atoms with Crippen LogP contribution in [0.5, 0.6) is 0 Å². The molecule has 1 atom stereocenters. The molecule has 2 saturated heterocycles. The van der Waals surface area contributed by atoms with Gasteiger partial charge in [-0.2, -0.15) is 0 Å². The van der Waals surface area contributed by atoms with E-state index in [1.54, 1.807) is 16.8 Å². The van der Waals surface area contributed by atoms with Gasteiger partial charge in [0.15, 0.2) is 0 Å². The molecule has 2 aliphatic rings. The van der Waals surface area contributed by atoms with Crippen LogP contribution in [0.2, 0.25) is 0 Å². The van der Waals surface area contributed by atoms with Crippen LogP contribution in [-0.4, -0.2) is 80.9 Å². The maximum atomic E-state index is 15.7. The lowest BCUT2D eigenvalue weighted by atomic mass is 9.86. The topological polar surface area (TPSA) is 77.1 Å². The first-order valence-electron chi connectivity index (χ1n) is 14.4. The van der Waals surface area contributed by atoms with Crippen LogP contribution in [0.3, 0.4) is 0 Å². The third kappa shape index (κ3) is 4.55. The maximum absolute atomic E-state index is 15.7. The number of nitrogens with zero attached hydrogens (tertiary/aromatic N) is 8. The molecule has 0 bridgehead atoms. The normalized spacial score (nSPS) is 18.0. The molecule has 0 radical (unpaired) electrons. The van der Waals surface area contributed by atoms with Crippen molar-refractivity contribution in [3.8, 4) is 11.3 Å². The lowest BCUT2D eigenvalue weighted by molar-refractivity contribution is 0.0548. The Kier molecular flexibility index (Phi) is 6.67. The van der Waals surface area contributed by atoms with Gasteiger partial charge >= 0.3 is 0 Å². The number of aromatic nitrogens is 6. The van der Waals surface area contributed by atoms with Gasteiger partial charge in [-0.05, 0) is 57.0 Å². The largest absolute Gasteiger partial charge is 0.381 e. The highest BCUT2D eigenvalue weighted by Gasteiger charge is 2.33. The van der Waals surface area contributed by atoms with Crippen LogP contribution in [0.1, 0.15) is 30.1 Å². The molecule has 41 heavy (non-hydrogen) atoms. The predicted molar refractivity (Wildman–Crippen MR) is 158 cm³/mol. The fourth-order valence-corrected chi connectivity index (χ4v) is 6.59. The molecule has 0 N–H and O–H groups in total. The van der Waals surface area contributed by atoms with Crippen molar-refractivity contribution in [2.75, 3.05) is 51.3 Å². The molecule has 5 aromatic rings. The maximum Gasteiger partial charge on any atom is 0.145 e. The van der Waals surface area contributed by atoms with Gasteiger partial charge < -0.3 is 19.1 Å². The summed E-state index contributed by atoms with van der Waals surface area (Å²) in [5, 5.41) is 9.46. The van der Waals surface area contributed by atoms with E-state index < -0.39 is 0 Å². The van der Waals surface area contributed by atoms with E-state index in [4.69, 9.17) is 14.7 Å². The summed E-state index contributed by atoms with van der Waals surface area (Å²) in [7, 11) is 4.05. The molecule has 6 heterocycles. The molecule has 0 amide bonds. The molecule has 2 aliphatic heterocycles. The Hall–Kier alpha value is -3.89. The summed E-state index contributed by atoms with van der Waals surface area (Å²) in [6.07, 6.45) is 3.57. The fourth-order valence-electron chi connectivity index (χ4n) is 6.59. The van der Waals surface area contributed by atoms with Gasteiger partial charge in [-0.3, -0.25) is 4.98 Å². The molecular weight excluding hydrogens is 519 g/mol. The molecule has 9 nitrogen and oxygen atoms in total. The highest BCUT2D eigenvalue weighted by molar-refractivity contribution is 6.05. The smallest absolute Gasteiger partial charge is 0.145 e. The number of likely N-dealkylation sites (N-methyl/N-ethyl adjacent to an activating group) is 1. The summed E-state index contributed by atoms with van der Waals surface area (Å²) in [5.41, 5.74) is 5.97. The van der Waals surface area contributed by atoms with E-state index in [1.165, 1.54) is 0 Å². The number of benzene rings is 1. The van der Waals surface area contributed by atoms with Crippen LogP contribution in [0.15, 0.2) is 48.7 Å². The first-order chi connectivity index (χ1) is 20.0. The fraction of sp³-hybridized carbons (Fsp3) is 0.419. The average Bonchev–Trinajstić information content (AvgIpc) is 3.50. The first-order valence-corrected chi connectivity index (χ1v) is 14.4. The highest BCUT2D eigenvalue weighted by Crippen LogP contribution is 2.42. The standard InChI is InChI=1S/C31H35FN8O/c1-20-29(38(3)36-35-20)22-18-26-28(33-19-22)24-8-9-27(39-14-12-37(2)13-15-39)34-31(24)40(26)30(21-10-16-41-17-11-21)23-6-4-5-7-25(23)32/h4-9,18-19,21,30H,10-17H2,1-3H3/t30-/m0/s1. The number of halogens is 1. The summed E-state index contributed by atoms with van der Waals surface area (Å²) < 4.78 is 25.5. The summed E-state index contributed by atoms with van der Waals surface area (Å²) in [6, 6.07) is 13.3. The zero-order valence-corrected chi connectivity index (χ0v) is 23.8. The number of hydrogen-bond acceptors (Lipinski definition) is 7. The van der Waals surface area contributed by atoms with Gasteiger partial charge in [0.05, 0.1) is 28.5 Å². The van der Waals surface area contributed by atoms with Crippen LogP contribution in [0, 0.1) is 18.7 Å². The molecule has 7 rings (SSSR count). The Morgan fingerprint density at radius 1 is 1.00 bits per heavy atom. The van der Waals surface area contributed by atoms with Crippen LogP contribution < -0.4 is 4.90 Å². The van der Waals surface area contributed by atoms with Crippen molar-refractivity contribution in [2.45, 2.75) is 25.8 Å². The first kappa shape index (κ1) is 26.0. The highest BCUT2D eigenvalue weighted by atomic mass is 19.1. The van der Waals surface area contributed by atoms with Gasteiger partial charge in [0.1, 0.15) is 17.3 Å². The van der Waals surface area contributed by atoms with E-state index in [1.807, 2.05) is 32.3 Å². The van der Waals surface area contributed by atoms with E-state index in [0.29, 0.717) is 18.8 Å². The number of aryl methyl sites for hydroxylation is 2. The third-order valence-corrected chi connectivity index (χ3v) is 8.78. The molecule has 1 aromatic carbocycles. The zero-order chi connectivity index (χ0) is 28.1. The van der Waals surface area contributed by atoms with E-state index in [2.05, 4.69) is 49.9 Å². The number of rotatable bonds is 5. The molecule has 10 heteroatoms. The number of hydrogen-bond donors (Lipinski definition) is 0. The summed E-state index contributed by atoms with van der Waals surface area (Å²) in [5.74, 6) is 0.920. The molecule has 0 unspecified atom stereocenters. The van der Waals surface area contributed by atoms with Gasteiger partial charge in [0, 0.05) is 69.2 Å². The van der Waals surface area contributed by atoms with Crippen molar-refractivity contribution in [1.82, 2.24) is 34.4 Å². The third-order valence-electron chi connectivity index (χ3n) is 8.78. The Morgan fingerprint density at radius 2 is 1.78 bits per heavy atom. The minimum atomic E-state index is -0.266. The Bertz CT molecular complexity index is 1700. The number of pyridine rings is 2. The molecular formula is C31H35FN8O. The predicted octanol–water partition coefficient (Wildman–Crippen LogP) is 4.60. The lowest BCUT2D eigenvalue weighted by Crippen LogP contribution is -2.44. The van der Waals surface area contributed by atoms with Crippen molar-refractivity contribution >= 4 is 27.9 Å².